The molecule has 0 radical (unpaired) electrons. The van der Waals surface area contributed by atoms with E-state index in [0.29, 0.717) is 56.6 Å². The summed E-state index contributed by atoms with van der Waals surface area (Å²) in [5.41, 5.74) is 2.07. The summed E-state index contributed by atoms with van der Waals surface area (Å²) < 4.78 is 24.8. The van der Waals surface area contributed by atoms with Gasteiger partial charge in [0.2, 0.25) is 0 Å². The van der Waals surface area contributed by atoms with E-state index in [1.165, 1.54) is 11.3 Å². The van der Waals surface area contributed by atoms with Crippen LogP contribution in [0.15, 0.2) is 63.5 Å². The number of esters is 1. The Morgan fingerprint density at radius 3 is 2.70 bits per heavy atom. The molecule has 0 amide bonds. The second-order valence-electron chi connectivity index (χ2n) is 8.91. The molecular weight excluding hydrogens is 492 g/mol. The highest BCUT2D eigenvalue weighted by molar-refractivity contribution is 7.07. The highest BCUT2D eigenvalue weighted by Gasteiger charge is 2.35. The largest absolute Gasteiger partial charge is 0.491 e. The number of carbonyl (C=O) groups excluding carboxylic acids is 1. The summed E-state index contributed by atoms with van der Waals surface area (Å²) in [5, 5.41) is 0. The van der Waals surface area contributed by atoms with Crippen molar-refractivity contribution in [3.63, 3.8) is 0 Å². The quantitative estimate of drug-likeness (QED) is 0.463. The number of hydrogen-bond donors (Lipinski definition) is 0. The number of hydrogen-bond acceptors (Lipinski definition) is 8. The number of allylic oxidation sites excluding steroid dienone is 1. The van der Waals surface area contributed by atoms with Crippen LogP contribution in [0, 0.1) is 0 Å². The molecule has 0 unspecified atom stereocenters. The number of carbonyl (C=O) groups is 1. The first-order chi connectivity index (χ1) is 17.9. The standard InChI is InChI=1S/C28H28N2O6S/c1-5-33-27(32)24-17(4)29-28-30(25(24)19-8-6-7-9-20(19)36-16(2)3)26(31)23(37-28)15-18-10-11-21-22(14-18)35-13-12-34-21/h6-11,14-16,25H,5,12-13H2,1-4H3/b23-15-/t25-/m1/s1. The van der Waals surface area contributed by atoms with Crippen molar-refractivity contribution in [2.45, 2.75) is 39.8 Å². The normalized spacial score (nSPS) is 16.9. The molecule has 2 aliphatic rings. The van der Waals surface area contributed by atoms with E-state index in [9.17, 15) is 9.59 Å². The molecule has 0 spiro atoms. The van der Waals surface area contributed by atoms with Crippen molar-refractivity contribution in [2.24, 2.45) is 4.99 Å². The van der Waals surface area contributed by atoms with E-state index in [1.54, 1.807) is 24.5 Å². The zero-order valence-electron chi connectivity index (χ0n) is 21.1. The molecule has 1 aromatic heterocycles. The first kappa shape index (κ1) is 24.8. The van der Waals surface area contributed by atoms with E-state index < -0.39 is 12.0 Å². The summed E-state index contributed by atoms with van der Waals surface area (Å²) in [5.74, 6) is 1.42. The number of ether oxygens (including phenoxy) is 4. The average molecular weight is 521 g/mol. The first-order valence-corrected chi connectivity index (χ1v) is 13.0. The number of aromatic nitrogens is 1. The van der Waals surface area contributed by atoms with E-state index in [-0.39, 0.29) is 18.3 Å². The fraction of sp³-hybridized carbons (Fsp3) is 0.321. The Balaban J connectivity index is 1.70. The van der Waals surface area contributed by atoms with Crippen LogP contribution >= 0.6 is 11.3 Å². The van der Waals surface area contributed by atoms with Crippen molar-refractivity contribution in [1.82, 2.24) is 4.57 Å². The number of para-hydroxylation sites is 1. The molecule has 3 heterocycles. The summed E-state index contributed by atoms with van der Waals surface area (Å²) in [6, 6.07) is 12.3. The summed E-state index contributed by atoms with van der Waals surface area (Å²) in [6.07, 6.45) is 1.71. The predicted molar refractivity (Wildman–Crippen MR) is 140 cm³/mol. The number of fused-ring (bicyclic) bond motifs is 2. The van der Waals surface area contributed by atoms with Crippen LogP contribution in [-0.4, -0.2) is 36.5 Å². The monoisotopic (exact) mass is 520 g/mol. The Hall–Kier alpha value is -3.85. The number of nitrogens with zero attached hydrogens (tertiary/aromatic N) is 2. The van der Waals surface area contributed by atoms with Crippen LogP contribution in [0.5, 0.6) is 17.2 Å². The maximum absolute atomic E-state index is 13.9. The molecule has 8 nitrogen and oxygen atoms in total. The van der Waals surface area contributed by atoms with Crippen LogP contribution in [-0.2, 0) is 9.53 Å². The number of benzene rings is 2. The van der Waals surface area contributed by atoms with Crippen LogP contribution in [0.1, 0.15) is 44.9 Å². The lowest BCUT2D eigenvalue weighted by Crippen LogP contribution is -2.40. The van der Waals surface area contributed by atoms with Gasteiger partial charge in [0.25, 0.3) is 5.56 Å². The van der Waals surface area contributed by atoms with Gasteiger partial charge in [0, 0.05) is 5.56 Å². The molecule has 3 aromatic rings. The fourth-order valence-electron chi connectivity index (χ4n) is 4.45. The molecule has 37 heavy (non-hydrogen) atoms. The van der Waals surface area contributed by atoms with Gasteiger partial charge < -0.3 is 18.9 Å². The second kappa shape index (κ2) is 10.3. The van der Waals surface area contributed by atoms with Gasteiger partial charge in [-0.05, 0) is 57.5 Å². The molecule has 9 heteroatoms. The molecule has 0 saturated heterocycles. The van der Waals surface area contributed by atoms with Gasteiger partial charge in [0.15, 0.2) is 16.3 Å². The topological polar surface area (TPSA) is 88.4 Å². The lowest BCUT2D eigenvalue weighted by Gasteiger charge is -2.26. The zero-order chi connectivity index (χ0) is 26.1. The first-order valence-electron chi connectivity index (χ1n) is 12.2. The molecule has 1 atom stereocenters. The van der Waals surface area contributed by atoms with Gasteiger partial charge in [-0.15, -0.1) is 0 Å². The van der Waals surface area contributed by atoms with Crippen molar-refractivity contribution in [2.75, 3.05) is 19.8 Å². The maximum atomic E-state index is 13.9. The third-order valence-corrected chi connectivity index (χ3v) is 6.94. The van der Waals surface area contributed by atoms with Gasteiger partial charge in [-0.3, -0.25) is 9.36 Å². The van der Waals surface area contributed by atoms with Gasteiger partial charge in [-0.1, -0.05) is 35.6 Å². The number of rotatable bonds is 6. The molecule has 0 bridgehead atoms. The van der Waals surface area contributed by atoms with Crippen molar-refractivity contribution in [3.05, 3.63) is 84.5 Å². The van der Waals surface area contributed by atoms with Gasteiger partial charge in [-0.25, -0.2) is 9.79 Å². The van der Waals surface area contributed by atoms with E-state index in [1.807, 2.05) is 56.3 Å². The van der Waals surface area contributed by atoms with Crippen molar-refractivity contribution in [3.8, 4) is 17.2 Å². The molecule has 0 aliphatic carbocycles. The fourth-order valence-corrected chi connectivity index (χ4v) is 5.50. The summed E-state index contributed by atoms with van der Waals surface area (Å²) >= 11 is 1.27. The highest BCUT2D eigenvalue weighted by Crippen LogP contribution is 2.36. The molecular formula is C28H28N2O6S. The zero-order valence-corrected chi connectivity index (χ0v) is 22.0. The SMILES string of the molecule is CCOC(=O)C1=C(C)N=c2s/c(=C\c3ccc4c(c3)OCCO4)c(=O)n2[C@@H]1c1ccccc1OC(C)C. The Bertz CT molecular complexity index is 1570. The molecule has 5 rings (SSSR count). The minimum Gasteiger partial charge on any atom is -0.491 e. The Morgan fingerprint density at radius 1 is 1.19 bits per heavy atom. The van der Waals surface area contributed by atoms with Crippen molar-refractivity contribution in [1.29, 1.82) is 0 Å². The molecule has 0 saturated carbocycles. The van der Waals surface area contributed by atoms with E-state index in [2.05, 4.69) is 4.99 Å². The van der Waals surface area contributed by atoms with Crippen LogP contribution in [0.4, 0.5) is 0 Å². The van der Waals surface area contributed by atoms with Crippen molar-refractivity contribution < 1.29 is 23.7 Å². The van der Waals surface area contributed by atoms with Gasteiger partial charge in [0.1, 0.15) is 25.0 Å². The molecule has 192 valence electrons. The molecule has 2 aromatic carbocycles. The summed E-state index contributed by atoms with van der Waals surface area (Å²) in [6.45, 7) is 8.58. The third kappa shape index (κ3) is 4.79. The molecule has 2 aliphatic heterocycles. The molecule has 0 N–H and O–H groups in total. The lowest BCUT2D eigenvalue weighted by molar-refractivity contribution is -0.139. The maximum Gasteiger partial charge on any atom is 0.338 e. The lowest BCUT2D eigenvalue weighted by atomic mass is 9.95. The Kier molecular flexibility index (Phi) is 6.88. The summed E-state index contributed by atoms with van der Waals surface area (Å²) in [4.78, 5) is 32.2. The molecule has 0 fully saturated rings. The predicted octanol–water partition coefficient (Wildman–Crippen LogP) is 3.36. The average Bonchev–Trinajstić information content (AvgIpc) is 3.17. The van der Waals surface area contributed by atoms with E-state index in [4.69, 9.17) is 18.9 Å². The van der Waals surface area contributed by atoms with E-state index >= 15 is 0 Å². The Labute approximate surface area is 218 Å². The third-order valence-electron chi connectivity index (χ3n) is 5.96. The minimum absolute atomic E-state index is 0.0942. The van der Waals surface area contributed by atoms with Gasteiger partial charge in [-0.2, -0.15) is 0 Å². The van der Waals surface area contributed by atoms with Crippen LogP contribution in [0.25, 0.3) is 6.08 Å². The van der Waals surface area contributed by atoms with E-state index in [0.717, 1.165) is 5.56 Å². The minimum atomic E-state index is -0.743. The smallest absolute Gasteiger partial charge is 0.338 e. The highest BCUT2D eigenvalue weighted by atomic mass is 32.1. The summed E-state index contributed by atoms with van der Waals surface area (Å²) in [7, 11) is 0. The van der Waals surface area contributed by atoms with Crippen LogP contribution < -0.4 is 29.1 Å². The van der Waals surface area contributed by atoms with Gasteiger partial charge >= 0.3 is 5.97 Å². The van der Waals surface area contributed by atoms with Crippen molar-refractivity contribution >= 4 is 23.4 Å². The van der Waals surface area contributed by atoms with Crippen LogP contribution in [0.3, 0.4) is 0 Å². The Morgan fingerprint density at radius 2 is 1.95 bits per heavy atom. The van der Waals surface area contributed by atoms with Gasteiger partial charge in [0.05, 0.1) is 28.5 Å². The van der Waals surface area contributed by atoms with Crippen LogP contribution in [0.2, 0.25) is 0 Å². The number of thiazole rings is 1. The second-order valence-corrected chi connectivity index (χ2v) is 9.92.